The third kappa shape index (κ3) is 2.65. The summed E-state index contributed by atoms with van der Waals surface area (Å²) in [5.41, 5.74) is 0. The highest BCUT2D eigenvalue weighted by atomic mass is 32.1. The first-order chi connectivity index (χ1) is 7.92. The van der Waals surface area contributed by atoms with Crippen molar-refractivity contribution in [3.05, 3.63) is 22.4 Å². The molecular formula is C13H20N2S. The van der Waals surface area contributed by atoms with E-state index >= 15 is 0 Å². The summed E-state index contributed by atoms with van der Waals surface area (Å²) < 4.78 is 0. The van der Waals surface area contributed by atoms with Gasteiger partial charge in [0.15, 0.2) is 0 Å². The van der Waals surface area contributed by atoms with Gasteiger partial charge in [0.05, 0.1) is 0 Å². The standard InChI is InChI=1S/C13H20N2S/c1-2-13(16-9-1)5-7-14-11-6-8-15(10-11)12-3-4-12/h1-2,9,11-12,14H,3-8,10H2. The zero-order valence-corrected chi connectivity index (χ0v) is 10.5. The minimum atomic E-state index is 0.751. The first-order valence-corrected chi connectivity index (χ1v) is 7.29. The maximum Gasteiger partial charge on any atom is 0.0207 e. The van der Waals surface area contributed by atoms with E-state index < -0.39 is 0 Å². The van der Waals surface area contributed by atoms with E-state index in [1.807, 2.05) is 11.3 Å². The Morgan fingerprint density at radius 3 is 3.06 bits per heavy atom. The van der Waals surface area contributed by atoms with Crippen LogP contribution in [0.2, 0.25) is 0 Å². The molecule has 0 radical (unpaired) electrons. The van der Waals surface area contributed by atoms with Gasteiger partial charge in [0.25, 0.3) is 0 Å². The summed E-state index contributed by atoms with van der Waals surface area (Å²) in [7, 11) is 0. The molecule has 0 aromatic carbocycles. The topological polar surface area (TPSA) is 15.3 Å². The Bertz CT molecular complexity index is 319. The Balaban J connectivity index is 1.36. The van der Waals surface area contributed by atoms with E-state index in [2.05, 4.69) is 27.7 Å². The minimum Gasteiger partial charge on any atom is -0.312 e. The summed E-state index contributed by atoms with van der Waals surface area (Å²) in [6, 6.07) is 6.08. The molecular weight excluding hydrogens is 216 g/mol. The van der Waals surface area contributed by atoms with Crippen molar-refractivity contribution in [1.82, 2.24) is 10.2 Å². The summed E-state index contributed by atoms with van der Waals surface area (Å²) in [5, 5.41) is 5.86. The number of hydrogen-bond acceptors (Lipinski definition) is 3. The van der Waals surface area contributed by atoms with Gasteiger partial charge in [-0.2, -0.15) is 0 Å². The van der Waals surface area contributed by atoms with E-state index in [1.54, 1.807) is 0 Å². The molecule has 1 aromatic rings. The molecule has 3 rings (SSSR count). The molecule has 1 saturated carbocycles. The van der Waals surface area contributed by atoms with Crippen LogP contribution in [0.3, 0.4) is 0 Å². The molecule has 1 saturated heterocycles. The van der Waals surface area contributed by atoms with Crippen molar-refractivity contribution in [1.29, 1.82) is 0 Å². The number of hydrogen-bond donors (Lipinski definition) is 1. The zero-order valence-electron chi connectivity index (χ0n) is 9.69. The van der Waals surface area contributed by atoms with Crippen LogP contribution in [-0.2, 0) is 6.42 Å². The average molecular weight is 236 g/mol. The van der Waals surface area contributed by atoms with Crippen molar-refractivity contribution in [3.8, 4) is 0 Å². The van der Waals surface area contributed by atoms with Crippen LogP contribution in [0.4, 0.5) is 0 Å². The van der Waals surface area contributed by atoms with Gasteiger partial charge < -0.3 is 5.32 Å². The Morgan fingerprint density at radius 1 is 1.38 bits per heavy atom. The summed E-state index contributed by atoms with van der Waals surface area (Å²) in [5.74, 6) is 0. The highest BCUT2D eigenvalue weighted by molar-refractivity contribution is 7.09. The van der Waals surface area contributed by atoms with Gasteiger partial charge in [0, 0.05) is 36.6 Å². The van der Waals surface area contributed by atoms with Crippen molar-refractivity contribution in [2.45, 2.75) is 37.8 Å². The van der Waals surface area contributed by atoms with Gasteiger partial charge in [-0.1, -0.05) is 6.07 Å². The Morgan fingerprint density at radius 2 is 2.31 bits per heavy atom. The summed E-state index contributed by atoms with van der Waals surface area (Å²) in [6.07, 6.45) is 5.43. The van der Waals surface area contributed by atoms with Crippen LogP contribution in [0, 0.1) is 0 Å². The highest BCUT2D eigenvalue weighted by Crippen LogP contribution is 2.29. The molecule has 2 heterocycles. The van der Waals surface area contributed by atoms with Gasteiger partial charge in [0.1, 0.15) is 0 Å². The second-order valence-corrected chi connectivity index (χ2v) is 6.03. The molecule has 1 unspecified atom stereocenters. The van der Waals surface area contributed by atoms with Crippen molar-refractivity contribution >= 4 is 11.3 Å². The molecule has 0 amide bonds. The number of thiophene rings is 1. The SMILES string of the molecule is c1csc(CCNC2CCN(C3CC3)C2)c1. The van der Waals surface area contributed by atoms with E-state index in [-0.39, 0.29) is 0 Å². The number of likely N-dealkylation sites (tertiary alicyclic amines) is 1. The van der Waals surface area contributed by atoms with Crippen molar-refractivity contribution in [3.63, 3.8) is 0 Å². The molecule has 3 heteroatoms. The van der Waals surface area contributed by atoms with E-state index in [1.165, 1.54) is 43.6 Å². The molecule has 2 nitrogen and oxygen atoms in total. The molecule has 2 aliphatic rings. The van der Waals surface area contributed by atoms with Crippen LogP contribution >= 0.6 is 11.3 Å². The monoisotopic (exact) mass is 236 g/mol. The fourth-order valence-electron chi connectivity index (χ4n) is 2.58. The van der Waals surface area contributed by atoms with Gasteiger partial charge >= 0.3 is 0 Å². The van der Waals surface area contributed by atoms with Crippen LogP contribution in [0.25, 0.3) is 0 Å². The van der Waals surface area contributed by atoms with Gasteiger partial charge in [0.2, 0.25) is 0 Å². The second kappa shape index (κ2) is 4.86. The third-order valence-corrected chi connectivity index (χ3v) is 4.60. The van der Waals surface area contributed by atoms with Crippen LogP contribution in [0.5, 0.6) is 0 Å². The number of nitrogens with zero attached hydrogens (tertiary/aromatic N) is 1. The highest BCUT2D eigenvalue weighted by Gasteiger charge is 2.33. The Kier molecular flexibility index (Phi) is 3.27. The lowest BCUT2D eigenvalue weighted by atomic mass is 10.2. The molecule has 2 fully saturated rings. The second-order valence-electron chi connectivity index (χ2n) is 5.00. The molecule has 16 heavy (non-hydrogen) atoms. The largest absolute Gasteiger partial charge is 0.312 e. The van der Waals surface area contributed by atoms with Crippen molar-refractivity contribution in [2.24, 2.45) is 0 Å². The molecule has 1 aromatic heterocycles. The lowest BCUT2D eigenvalue weighted by Gasteiger charge is -2.15. The molecule has 1 atom stereocenters. The first kappa shape index (κ1) is 10.8. The molecule has 1 aliphatic heterocycles. The van der Waals surface area contributed by atoms with E-state index in [9.17, 15) is 0 Å². The van der Waals surface area contributed by atoms with E-state index in [4.69, 9.17) is 0 Å². The van der Waals surface area contributed by atoms with Gasteiger partial charge in [-0.15, -0.1) is 11.3 Å². The van der Waals surface area contributed by atoms with Crippen molar-refractivity contribution in [2.75, 3.05) is 19.6 Å². The third-order valence-electron chi connectivity index (χ3n) is 3.67. The lowest BCUT2D eigenvalue weighted by molar-refractivity contribution is 0.318. The Labute approximate surface area is 102 Å². The van der Waals surface area contributed by atoms with E-state index in [0.717, 1.165) is 18.6 Å². The smallest absolute Gasteiger partial charge is 0.0207 e. The van der Waals surface area contributed by atoms with Crippen LogP contribution in [0.1, 0.15) is 24.1 Å². The lowest BCUT2D eigenvalue weighted by Crippen LogP contribution is -2.34. The van der Waals surface area contributed by atoms with Gasteiger partial charge in [-0.05, 0) is 37.1 Å². The summed E-state index contributed by atoms with van der Waals surface area (Å²) in [4.78, 5) is 4.17. The molecule has 1 N–H and O–H groups in total. The molecule has 1 aliphatic carbocycles. The quantitative estimate of drug-likeness (QED) is 0.842. The Hall–Kier alpha value is -0.380. The first-order valence-electron chi connectivity index (χ1n) is 6.41. The molecule has 88 valence electrons. The maximum atomic E-state index is 3.70. The maximum absolute atomic E-state index is 3.70. The van der Waals surface area contributed by atoms with Crippen LogP contribution < -0.4 is 5.32 Å². The zero-order chi connectivity index (χ0) is 10.8. The molecule has 0 spiro atoms. The average Bonchev–Trinajstić information content (AvgIpc) is 2.83. The summed E-state index contributed by atoms with van der Waals surface area (Å²) in [6.45, 7) is 3.75. The van der Waals surface area contributed by atoms with Gasteiger partial charge in [-0.25, -0.2) is 0 Å². The predicted molar refractivity (Wildman–Crippen MR) is 69.0 cm³/mol. The normalized spacial score (nSPS) is 26.4. The minimum absolute atomic E-state index is 0.751. The predicted octanol–water partition coefficient (Wildman–Crippen LogP) is 2.12. The number of rotatable bonds is 5. The van der Waals surface area contributed by atoms with E-state index in [0.29, 0.717) is 0 Å². The fourth-order valence-corrected chi connectivity index (χ4v) is 3.29. The van der Waals surface area contributed by atoms with Crippen LogP contribution in [0.15, 0.2) is 17.5 Å². The van der Waals surface area contributed by atoms with Crippen molar-refractivity contribution < 1.29 is 0 Å². The fraction of sp³-hybridized carbons (Fsp3) is 0.692. The van der Waals surface area contributed by atoms with Crippen LogP contribution in [-0.4, -0.2) is 36.6 Å². The number of nitrogens with one attached hydrogen (secondary N) is 1. The summed E-state index contributed by atoms with van der Waals surface area (Å²) >= 11 is 1.87. The molecule has 0 bridgehead atoms. The van der Waals surface area contributed by atoms with Gasteiger partial charge in [-0.3, -0.25) is 4.90 Å².